The van der Waals surface area contributed by atoms with E-state index in [0.717, 1.165) is 22.6 Å². The van der Waals surface area contributed by atoms with Crippen molar-refractivity contribution in [1.82, 2.24) is 4.57 Å². The van der Waals surface area contributed by atoms with Crippen LogP contribution in [0, 0.1) is 13.8 Å². The number of esters is 2. The molecular formula is C20H23NO4. The zero-order chi connectivity index (χ0) is 18.4. The highest BCUT2D eigenvalue weighted by atomic mass is 16.6. The molecule has 1 heterocycles. The second kappa shape index (κ2) is 8.33. The third-order valence-corrected chi connectivity index (χ3v) is 3.78. The normalized spacial score (nSPS) is 10.2. The topological polar surface area (TPSA) is 57.5 Å². The van der Waals surface area contributed by atoms with Crippen LogP contribution in [0.2, 0.25) is 0 Å². The molecule has 25 heavy (non-hydrogen) atoms. The van der Waals surface area contributed by atoms with Gasteiger partial charge in [0.05, 0.1) is 13.2 Å². The van der Waals surface area contributed by atoms with Crippen molar-refractivity contribution in [3.05, 3.63) is 58.9 Å². The van der Waals surface area contributed by atoms with Crippen LogP contribution in [0.4, 0.5) is 0 Å². The molecule has 0 atom stereocenters. The lowest BCUT2D eigenvalue weighted by Crippen LogP contribution is -2.18. The first-order chi connectivity index (χ1) is 12.0. The Balaban J connectivity index is 2.50. The maximum absolute atomic E-state index is 12.1. The number of para-hydroxylation sites is 1. The van der Waals surface area contributed by atoms with Gasteiger partial charge in [-0.25, -0.2) is 9.59 Å². The molecule has 1 aromatic heterocycles. The highest BCUT2D eigenvalue weighted by Gasteiger charge is 2.22. The van der Waals surface area contributed by atoms with Gasteiger partial charge in [0.2, 0.25) is 0 Å². The van der Waals surface area contributed by atoms with E-state index in [-0.39, 0.29) is 18.8 Å². The molecule has 0 N–H and O–H groups in total. The fraction of sp³-hybridized carbons (Fsp3) is 0.300. The van der Waals surface area contributed by atoms with E-state index in [4.69, 9.17) is 9.47 Å². The van der Waals surface area contributed by atoms with Crippen LogP contribution in [0.5, 0.6) is 0 Å². The van der Waals surface area contributed by atoms with Crippen molar-refractivity contribution in [1.29, 1.82) is 0 Å². The van der Waals surface area contributed by atoms with Crippen molar-refractivity contribution in [2.24, 2.45) is 0 Å². The molecule has 0 unspecified atom stereocenters. The summed E-state index contributed by atoms with van der Waals surface area (Å²) in [6.07, 6.45) is 1.54. The third-order valence-electron chi connectivity index (χ3n) is 3.78. The molecule has 5 nitrogen and oxygen atoms in total. The number of carbonyl (C=O) groups is 2. The summed E-state index contributed by atoms with van der Waals surface area (Å²) < 4.78 is 12.1. The van der Waals surface area contributed by atoms with Crippen molar-refractivity contribution < 1.29 is 19.1 Å². The maximum Gasteiger partial charge on any atom is 0.345 e. The van der Waals surface area contributed by atoms with Gasteiger partial charge < -0.3 is 14.0 Å². The Kier molecular flexibility index (Phi) is 6.17. The number of hydrogen-bond acceptors (Lipinski definition) is 4. The smallest absolute Gasteiger partial charge is 0.345 e. The highest BCUT2D eigenvalue weighted by molar-refractivity contribution is 6.17. The number of benzene rings is 1. The number of rotatable bonds is 6. The van der Waals surface area contributed by atoms with Crippen LogP contribution in [0.1, 0.15) is 30.8 Å². The van der Waals surface area contributed by atoms with Gasteiger partial charge in [0.25, 0.3) is 0 Å². The molecule has 0 saturated carbocycles. The Morgan fingerprint density at radius 1 is 1.00 bits per heavy atom. The van der Waals surface area contributed by atoms with E-state index < -0.39 is 11.9 Å². The molecule has 132 valence electrons. The number of ether oxygens (including phenoxy) is 2. The Bertz CT molecular complexity index is 768. The number of hydrogen-bond donors (Lipinski definition) is 0. The van der Waals surface area contributed by atoms with E-state index in [1.54, 1.807) is 13.8 Å². The quantitative estimate of drug-likeness (QED) is 0.349. The van der Waals surface area contributed by atoms with Gasteiger partial charge >= 0.3 is 11.9 Å². The van der Waals surface area contributed by atoms with Crippen LogP contribution in [-0.2, 0) is 19.1 Å². The van der Waals surface area contributed by atoms with Crippen molar-refractivity contribution in [3.8, 4) is 5.69 Å². The van der Waals surface area contributed by atoms with Gasteiger partial charge in [0.1, 0.15) is 5.57 Å². The van der Waals surface area contributed by atoms with Gasteiger partial charge in [0, 0.05) is 17.1 Å². The van der Waals surface area contributed by atoms with Crippen LogP contribution in [0.15, 0.2) is 42.0 Å². The molecule has 0 amide bonds. The monoisotopic (exact) mass is 341 g/mol. The zero-order valence-corrected chi connectivity index (χ0v) is 15.0. The number of carbonyl (C=O) groups excluding carboxylic acids is 2. The minimum absolute atomic E-state index is 0.1000. The number of aryl methyl sites for hydroxylation is 1. The first-order valence-electron chi connectivity index (χ1n) is 8.29. The molecule has 1 aromatic carbocycles. The van der Waals surface area contributed by atoms with E-state index in [1.807, 2.05) is 50.2 Å². The van der Waals surface area contributed by atoms with Gasteiger partial charge in [-0.3, -0.25) is 0 Å². The van der Waals surface area contributed by atoms with E-state index in [9.17, 15) is 9.59 Å². The lowest BCUT2D eigenvalue weighted by atomic mass is 10.1. The Morgan fingerprint density at radius 3 is 2.08 bits per heavy atom. The van der Waals surface area contributed by atoms with Crippen molar-refractivity contribution in [2.45, 2.75) is 27.7 Å². The Labute approximate surface area is 147 Å². The van der Waals surface area contributed by atoms with Crippen LogP contribution >= 0.6 is 0 Å². The molecule has 0 aliphatic rings. The lowest BCUT2D eigenvalue weighted by molar-refractivity contribution is -0.146. The van der Waals surface area contributed by atoms with Gasteiger partial charge in [-0.05, 0) is 57.5 Å². The Morgan fingerprint density at radius 2 is 1.56 bits per heavy atom. The summed E-state index contributed by atoms with van der Waals surface area (Å²) in [5.41, 5.74) is 3.62. The second-order valence-corrected chi connectivity index (χ2v) is 5.50. The third kappa shape index (κ3) is 4.18. The molecule has 0 radical (unpaired) electrons. The van der Waals surface area contributed by atoms with Crippen LogP contribution in [0.3, 0.4) is 0 Å². The van der Waals surface area contributed by atoms with E-state index >= 15 is 0 Å². The second-order valence-electron chi connectivity index (χ2n) is 5.50. The Hall–Kier alpha value is -2.82. The lowest BCUT2D eigenvalue weighted by Gasteiger charge is -2.09. The summed E-state index contributed by atoms with van der Waals surface area (Å²) in [4.78, 5) is 24.3. The summed E-state index contributed by atoms with van der Waals surface area (Å²) in [5.74, 6) is -1.35. The first-order valence-corrected chi connectivity index (χ1v) is 8.29. The summed E-state index contributed by atoms with van der Waals surface area (Å²) in [5, 5.41) is 0. The standard InChI is InChI=1S/C20H23NO4/c1-5-24-19(22)18(20(23)25-6-2)13-16-12-14(3)21(15(16)4)17-10-8-7-9-11-17/h7-13H,5-6H2,1-4H3. The fourth-order valence-electron chi connectivity index (χ4n) is 2.68. The average molecular weight is 341 g/mol. The number of aromatic nitrogens is 1. The molecule has 0 saturated heterocycles. The molecule has 5 heteroatoms. The van der Waals surface area contributed by atoms with Crippen LogP contribution < -0.4 is 0 Å². The van der Waals surface area contributed by atoms with Gasteiger partial charge in [0.15, 0.2) is 0 Å². The number of nitrogens with zero attached hydrogens (tertiary/aromatic N) is 1. The van der Waals surface area contributed by atoms with Gasteiger partial charge in [-0.2, -0.15) is 0 Å². The van der Waals surface area contributed by atoms with Crippen LogP contribution in [-0.4, -0.2) is 29.7 Å². The molecule has 0 aliphatic carbocycles. The first kappa shape index (κ1) is 18.5. The molecular weight excluding hydrogens is 318 g/mol. The zero-order valence-electron chi connectivity index (χ0n) is 15.0. The van der Waals surface area contributed by atoms with Crippen molar-refractivity contribution >= 4 is 18.0 Å². The van der Waals surface area contributed by atoms with Gasteiger partial charge in [-0.1, -0.05) is 18.2 Å². The molecule has 0 spiro atoms. The molecule has 0 aliphatic heterocycles. The molecule has 0 fully saturated rings. The average Bonchev–Trinajstić information content (AvgIpc) is 2.87. The molecule has 0 bridgehead atoms. The summed E-state index contributed by atoms with van der Waals surface area (Å²) in [6.45, 7) is 7.70. The summed E-state index contributed by atoms with van der Waals surface area (Å²) >= 11 is 0. The predicted molar refractivity (Wildman–Crippen MR) is 96.5 cm³/mol. The van der Waals surface area contributed by atoms with E-state index in [0.29, 0.717) is 0 Å². The minimum Gasteiger partial charge on any atom is -0.462 e. The van der Waals surface area contributed by atoms with Crippen molar-refractivity contribution in [2.75, 3.05) is 13.2 Å². The van der Waals surface area contributed by atoms with E-state index in [1.165, 1.54) is 6.08 Å². The fourth-order valence-corrected chi connectivity index (χ4v) is 2.68. The molecule has 2 rings (SSSR count). The van der Waals surface area contributed by atoms with Crippen molar-refractivity contribution in [3.63, 3.8) is 0 Å². The highest BCUT2D eigenvalue weighted by Crippen LogP contribution is 2.23. The van der Waals surface area contributed by atoms with Crippen LogP contribution in [0.25, 0.3) is 11.8 Å². The SMILES string of the molecule is CCOC(=O)C(=Cc1cc(C)n(-c2ccccc2)c1C)C(=O)OCC. The summed E-state index contributed by atoms with van der Waals surface area (Å²) in [7, 11) is 0. The predicted octanol–water partition coefficient (Wildman–Crippen LogP) is 3.60. The summed E-state index contributed by atoms with van der Waals surface area (Å²) in [6, 6.07) is 11.8. The van der Waals surface area contributed by atoms with E-state index in [2.05, 4.69) is 4.57 Å². The molecule has 2 aromatic rings. The minimum atomic E-state index is -0.675. The largest absolute Gasteiger partial charge is 0.462 e. The maximum atomic E-state index is 12.1. The van der Waals surface area contributed by atoms with Gasteiger partial charge in [-0.15, -0.1) is 0 Å².